The summed E-state index contributed by atoms with van der Waals surface area (Å²) in [5, 5.41) is 2.46. The van der Waals surface area contributed by atoms with Crippen LogP contribution in [0.4, 0.5) is 8.78 Å². The van der Waals surface area contributed by atoms with E-state index in [1.54, 1.807) is 0 Å². The molecule has 0 aliphatic carbocycles. The first-order valence-corrected chi connectivity index (χ1v) is 6.19. The van der Waals surface area contributed by atoms with Crippen molar-refractivity contribution in [2.75, 3.05) is 7.11 Å². The summed E-state index contributed by atoms with van der Waals surface area (Å²) >= 11 is 0. The number of esters is 1. The molecular formula is C14H17F2NO3. The minimum absolute atomic E-state index is 0.0541. The van der Waals surface area contributed by atoms with Crippen molar-refractivity contribution < 1.29 is 23.1 Å². The summed E-state index contributed by atoms with van der Waals surface area (Å²) < 4.78 is 30.5. The summed E-state index contributed by atoms with van der Waals surface area (Å²) in [7, 11) is 1.22. The highest BCUT2D eigenvalue weighted by molar-refractivity contribution is 5.96. The number of hydrogen-bond donors (Lipinski definition) is 1. The fourth-order valence-electron chi connectivity index (χ4n) is 1.71. The molecule has 1 rings (SSSR count). The minimum Gasteiger partial charge on any atom is -0.467 e. The number of carbonyl (C=O) groups is 2. The minimum atomic E-state index is -1.11. The van der Waals surface area contributed by atoms with Gasteiger partial charge in [0.25, 0.3) is 5.91 Å². The van der Waals surface area contributed by atoms with E-state index >= 15 is 0 Å². The van der Waals surface area contributed by atoms with Gasteiger partial charge in [0.05, 0.1) is 7.11 Å². The Bertz CT molecular complexity index is 503. The second-order valence-corrected chi connectivity index (χ2v) is 4.81. The van der Waals surface area contributed by atoms with E-state index in [1.807, 2.05) is 13.8 Å². The van der Waals surface area contributed by atoms with Crippen LogP contribution in [0.15, 0.2) is 18.2 Å². The van der Waals surface area contributed by atoms with Crippen molar-refractivity contribution in [1.82, 2.24) is 5.32 Å². The van der Waals surface area contributed by atoms with E-state index < -0.39 is 29.6 Å². The van der Waals surface area contributed by atoms with E-state index in [9.17, 15) is 18.4 Å². The van der Waals surface area contributed by atoms with Crippen LogP contribution in [-0.4, -0.2) is 25.0 Å². The maximum absolute atomic E-state index is 13.1. The molecule has 1 N–H and O–H groups in total. The van der Waals surface area contributed by atoms with E-state index in [4.69, 9.17) is 0 Å². The van der Waals surface area contributed by atoms with Gasteiger partial charge in [0.2, 0.25) is 0 Å². The van der Waals surface area contributed by atoms with Gasteiger partial charge in [0.15, 0.2) is 11.6 Å². The molecule has 0 spiro atoms. The van der Waals surface area contributed by atoms with E-state index in [2.05, 4.69) is 10.1 Å². The number of amides is 1. The third-order valence-electron chi connectivity index (χ3n) is 2.68. The maximum Gasteiger partial charge on any atom is 0.328 e. The molecule has 110 valence electrons. The highest BCUT2D eigenvalue weighted by Gasteiger charge is 2.23. The lowest BCUT2D eigenvalue weighted by Crippen LogP contribution is -2.42. The predicted octanol–water partition coefficient (Wildman–Crippen LogP) is 2.28. The monoisotopic (exact) mass is 285 g/mol. The Kier molecular flexibility index (Phi) is 5.61. The number of carbonyl (C=O) groups excluding carboxylic acids is 2. The number of nitrogens with one attached hydrogen (secondary N) is 1. The van der Waals surface area contributed by atoms with Crippen LogP contribution >= 0.6 is 0 Å². The van der Waals surface area contributed by atoms with Gasteiger partial charge in [0.1, 0.15) is 6.04 Å². The fourth-order valence-corrected chi connectivity index (χ4v) is 1.71. The molecule has 4 nitrogen and oxygen atoms in total. The normalized spacial score (nSPS) is 12.1. The van der Waals surface area contributed by atoms with Gasteiger partial charge < -0.3 is 10.1 Å². The molecule has 0 fully saturated rings. The molecule has 0 radical (unpaired) electrons. The van der Waals surface area contributed by atoms with Crippen LogP contribution in [0.1, 0.15) is 30.6 Å². The molecule has 0 aromatic heterocycles. The smallest absolute Gasteiger partial charge is 0.328 e. The van der Waals surface area contributed by atoms with Crippen LogP contribution < -0.4 is 5.32 Å². The molecule has 0 heterocycles. The summed E-state index contributed by atoms with van der Waals surface area (Å²) in [6.07, 6.45) is 0.391. The SMILES string of the molecule is COC(=O)[C@@H](CC(C)C)NC(=O)c1ccc(F)c(F)c1. The first-order chi connectivity index (χ1) is 9.35. The molecule has 1 amide bonds. The molecule has 1 aromatic carbocycles. The van der Waals surface area contributed by atoms with Crippen molar-refractivity contribution in [3.8, 4) is 0 Å². The first kappa shape index (κ1) is 16.1. The summed E-state index contributed by atoms with van der Waals surface area (Å²) in [5.41, 5.74) is -0.0541. The largest absolute Gasteiger partial charge is 0.467 e. The molecule has 0 aliphatic heterocycles. The number of halogens is 2. The second-order valence-electron chi connectivity index (χ2n) is 4.81. The topological polar surface area (TPSA) is 55.4 Å². The molecule has 0 aliphatic rings. The Morgan fingerprint density at radius 3 is 2.40 bits per heavy atom. The number of hydrogen-bond acceptors (Lipinski definition) is 3. The summed E-state index contributed by atoms with van der Waals surface area (Å²) in [6.45, 7) is 3.78. The van der Waals surface area contributed by atoms with Crippen LogP contribution in [0, 0.1) is 17.6 Å². The van der Waals surface area contributed by atoms with Crippen LogP contribution in [0.2, 0.25) is 0 Å². The van der Waals surface area contributed by atoms with Crippen molar-refractivity contribution in [3.63, 3.8) is 0 Å². The average molecular weight is 285 g/mol. The lowest BCUT2D eigenvalue weighted by Gasteiger charge is -2.18. The van der Waals surface area contributed by atoms with E-state index in [-0.39, 0.29) is 11.5 Å². The molecule has 1 aromatic rings. The highest BCUT2D eigenvalue weighted by atomic mass is 19.2. The first-order valence-electron chi connectivity index (χ1n) is 6.19. The lowest BCUT2D eigenvalue weighted by atomic mass is 10.0. The van der Waals surface area contributed by atoms with Crippen molar-refractivity contribution in [2.24, 2.45) is 5.92 Å². The highest BCUT2D eigenvalue weighted by Crippen LogP contribution is 2.11. The Hall–Kier alpha value is -1.98. The number of rotatable bonds is 5. The van der Waals surface area contributed by atoms with Gasteiger partial charge in [-0.15, -0.1) is 0 Å². The van der Waals surface area contributed by atoms with Crippen LogP contribution in [0.5, 0.6) is 0 Å². The third-order valence-corrected chi connectivity index (χ3v) is 2.68. The van der Waals surface area contributed by atoms with Crippen LogP contribution in [0.3, 0.4) is 0 Å². The Labute approximate surface area is 116 Å². The lowest BCUT2D eigenvalue weighted by molar-refractivity contribution is -0.143. The molecule has 20 heavy (non-hydrogen) atoms. The zero-order valence-electron chi connectivity index (χ0n) is 11.6. The fraction of sp³-hybridized carbons (Fsp3) is 0.429. The Morgan fingerprint density at radius 1 is 1.25 bits per heavy atom. The number of benzene rings is 1. The quantitative estimate of drug-likeness (QED) is 0.844. The second kappa shape index (κ2) is 6.98. The van der Waals surface area contributed by atoms with E-state index in [0.29, 0.717) is 6.42 Å². The molecule has 0 unspecified atom stereocenters. The zero-order chi connectivity index (χ0) is 15.3. The zero-order valence-corrected chi connectivity index (χ0v) is 11.6. The predicted molar refractivity (Wildman–Crippen MR) is 69.1 cm³/mol. The third kappa shape index (κ3) is 4.29. The molecule has 0 saturated heterocycles. The van der Waals surface area contributed by atoms with Gasteiger partial charge in [-0.25, -0.2) is 13.6 Å². The van der Waals surface area contributed by atoms with Crippen molar-refractivity contribution in [2.45, 2.75) is 26.3 Å². The van der Waals surface area contributed by atoms with Gasteiger partial charge >= 0.3 is 5.97 Å². The molecule has 0 bridgehead atoms. The molecular weight excluding hydrogens is 268 g/mol. The number of ether oxygens (including phenoxy) is 1. The maximum atomic E-state index is 13.1. The van der Waals surface area contributed by atoms with Gasteiger partial charge in [-0.3, -0.25) is 4.79 Å². The Morgan fingerprint density at radius 2 is 1.90 bits per heavy atom. The molecule has 0 saturated carbocycles. The van der Waals surface area contributed by atoms with Crippen molar-refractivity contribution >= 4 is 11.9 Å². The summed E-state index contributed by atoms with van der Waals surface area (Å²) in [4.78, 5) is 23.5. The summed E-state index contributed by atoms with van der Waals surface area (Å²) in [5.74, 6) is -3.22. The van der Waals surface area contributed by atoms with Gasteiger partial charge in [-0.2, -0.15) is 0 Å². The number of methoxy groups -OCH3 is 1. The van der Waals surface area contributed by atoms with Gasteiger partial charge in [0, 0.05) is 5.56 Å². The average Bonchev–Trinajstić information content (AvgIpc) is 2.39. The van der Waals surface area contributed by atoms with Crippen molar-refractivity contribution in [3.05, 3.63) is 35.4 Å². The van der Waals surface area contributed by atoms with Gasteiger partial charge in [-0.1, -0.05) is 13.8 Å². The van der Waals surface area contributed by atoms with Crippen LogP contribution in [0.25, 0.3) is 0 Å². The standard InChI is InChI=1S/C14H17F2NO3/c1-8(2)6-12(14(19)20-3)17-13(18)9-4-5-10(15)11(16)7-9/h4-5,7-8,12H,6H2,1-3H3,(H,17,18)/t12-/m1/s1. The Balaban J connectivity index is 2.84. The van der Waals surface area contributed by atoms with Crippen LogP contribution in [-0.2, 0) is 9.53 Å². The molecule has 6 heteroatoms. The van der Waals surface area contributed by atoms with Gasteiger partial charge in [-0.05, 0) is 30.5 Å². The van der Waals surface area contributed by atoms with E-state index in [1.165, 1.54) is 7.11 Å². The summed E-state index contributed by atoms with van der Waals surface area (Å²) in [6, 6.07) is 1.98. The van der Waals surface area contributed by atoms with E-state index in [0.717, 1.165) is 18.2 Å². The molecule has 1 atom stereocenters. The van der Waals surface area contributed by atoms with Crippen molar-refractivity contribution in [1.29, 1.82) is 0 Å².